The molecule has 6 nitrogen and oxygen atoms in total. The SMILES string of the molecule is Cc1ccccc1N1C(=O)CN(C(=O)CCc2cnccn2)C[C@@H]1C. The van der Waals surface area contributed by atoms with Crippen LogP contribution in [0.3, 0.4) is 0 Å². The fraction of sp³-hybridized carbons (Fsp3) is 0.368. The summed E-state index contributed by atoms with van der Waals surface area (Å²) in [5.41, 5.74) is 2.77. The molecule has 3 rings (SSSR count). The molecule has 25 heavy (non-hydrogen) atoms. The second-order valence-electron chi connectivity index (χ2n) is 6.37. The molecule has 1 aliphatic heterocycles. The molecule has 0 aliphatic carbocycles. The summed E-state index contributed by atoms with van der Waals surface area (Å²) in [5.74, 6) is -0.0591. The van der Waals surface area contributed by atoms with Crippen molar-refractivity contribution in [2.45, 2.75) is 32.7 Å². The quantitative estimate of drug-likeness (QED) is 0.855. The molecule has 0 spiro atoms. The highest BCUT2D eigenvalue weighted by Gasteiger charge is 2.33. The first-order valence-electron chi connectivity index (χ1n) is 8.46. The Morgan fingerprint density at radius 2 is 2.08 bits per heavy atom. The maximum absolute atomic E-state index is 12.7. The number of hydrogen-bond donors (Lipinski definition) is 0. The summed E-state index contributed by atoms with van der Waals surface area (Å²) in [6.45, 7) is 4.64. The van der Waals surface area contributed by atoms with Crippen molar-refractivity contribution < 1.29 is 9.59 Å². The first kappa shape index (κ1) is 17.1. The summed E-state index contributed by atoms with van der Waals surface area (Å²) in [6.07, 6.45) is 5.76. The zero-order valence-electron chi connectivity index (χ0n) is 14.6. The highest BCUT2D eigenvalue weighted by atomic mass is 16.2. The van der Waals surface area contributed by atoms with Gasteiger partial charge in [0.05, 0.1) is 11.7 Å². The van der Waals surface area contributed by atoms with E-state index in [0.717, 1.165) is 16.9 Å². The molecule has 0 bridgehead atoms. The number of hydrogen-bond acceptors (Lipinski definition) is 4. The maximum Gasteiger partial charge on any atom is 0.246 e. The summed E-state index contributed by atoms with van der Waals surface area (Å²) >= 11 is 0. The van der Waals surface area contributed by atoms with Crippen molar-refractivity contribution >= 4 is 17.5 Å². The number of amides is 2. The zero-order valence-corrected chi connectivity index (χ0v) is 14.6. The molecule has 1 atom stereocenters. The van der Waals surface area contributed by atoms with Crippen LogP contribution in [0.2, 0.25) is 0 Å². The van der Waals surface area contributed by atoms with E-state index in [1.165, 1.54) is 0 Å². The van der Waals surface area contributed by atoms with Gasteiger partial charge in [-0.2, -0.15) is 0 Å². The first-order valence-corrected chi connectivity index (χ1v) is 8.46. The largest absolute Gasteiger partial charge is 0.331 e. The number of nitrogens with zero attached hydrogens (tertiary/aromatic N) is 4. The summed E-state index contributed by atoms with van der Waals surface area (Å²) < 4.78 is 0. The van der Waals surface area contributed by atoms with Gasteiger partial charge in [0, 0.05) is 37.2 Å². The number of aryl methyl sites for hydroxylation is 2. The number of anilines is 1. The van der Waals surface area contributed by atoms with Crippen LogP contribution in [0.15, 0.2) is 42.9 Å². The van der Waals surface area contributed by atoms with Gasteiger partial charge in [0.25, 0.3) is 0 Å². The van der Waals surface area contributed by atoms with Gasteiger partial charge < -0.3 is 9.80 Å². The molecule has 2 heterocycles. The Labute approximate surface area is 147 Å². The number of carbonyl (C=O) groups excluding carboxylic acids is 2. The van der Waals surface area contributed by atoms with Crippen LogP contribution >= 0.6 is 0 Å². The van der Waals surface area contributed by atoms with Gasteiger partial charge in [-0.1, -0.05) is 18.2 Å². The van der Waals surface area contributed by atoms with Gasteiger partial charge in [0.1, 0.15) is 6.54 Å². The lowest BCUT2D eigenvalue weighted by Crippen LogP contribution is -2.57. The van der Waals surface area contributed by atoms with Crippen molar-refractivity contribution in [3.63, 3.8) is 0 Å². The maximum atomic E-state index is 12.7. The zero-order chi connectivity index (χ0) is 17.8. The molecular weight excluding hydrogens is 316 g/mol. The summed E-state index contributed by atoms with van der Waals surface area (Å²) in [6, 6.07) is 7.78. The monoisotopic (exact) mass is 338 g/mol. The van der Waals surface area contributed by atoms with Crippen LogP contribution < -0.4 is 4.90 Å². The van der Waals surface area contributed by atoms with E-state index in [4.69, 9.17) is 0 Å². The molecule has 1 aromatic carbocycles. The third-order valence-corrected chi connectivity index (χ3v) is 4.46. The number of carbonyl (C=O) groups is 2. The van der Waals surface area contributed by atoms with E-state index < -0.39 is 0 Å². The van der Waals surface area contributed by atoms with Crippen LogP contribution in [-0.2, 0) is 16.0 Å². The molecule has 1 aliphatic rings. The Kier molecular flexibility index (Phi) is 5.07. The lowest BCUT2D eigenvalue weighted by molar-refractivity contribution is -0.137. The van der Waals surface area contributed by atoms with Gasteiger partial charge in [0.15, 0.2) is 0 Å². The first-order chi connectivity index (χ1) is 12.1. The molecule has 0 saturated carbocycles. The topological polar surface area (TPSA) is 66.4 Å². The summed E-state index contributed by atoms with van der Waals surface area (Å²) in [7, 11) is 0. The van der Waals surface area contributed by atoms with Crippen LogP contribution in [0.4, 0.5) is 5.69 Å². The minimum absolute atomic E-state index is 0.0183. The molecule has 2 amide bonds. The molecule has 1 fully saturated rings. The second-order valence-corrected chi connectivity index (χ2v) is 6.37. The van der Waals surface area contributed by atoms with Gasteiger partial charge in [-0.05, 0) is 31.9 Å². The highest BCUT2D eigenvalue weighted by Crippen LogP contribution is 2.25. The molecule has 1 aromatic heterocycles. The third-order valence-electron chi connectivity index (χ3n) is 4.46. The minimum atomic E-state index is -0.0529. The average Bonchev–Trinajstić information content (AvgIpc) is 2.61. The predicted molar refractivity (Wildman–Crippen MR) is 95.1 cm³/mol. The van der Waals surface area contributed by atoms with Gasteiger partial charge >= 0.3 is 0 Å². The van der Waals surface area contributed by atoms with Crippen molar-refractivity contribution in [2.75, 3.05) is 18.0 Å². The smallest absolute Gasteiger partial charge is 0.246 e. The van der Waals surface area contributed by atoms with Crippen molar-refractivity contribution in [2.24, 2.45) is 0 Å². The Balaban J connectivity index is 1.64. The second kappa shape index (κ2) is 7.42. The molecule has 0 N–H and O–H groups in total. The molecular formula is C19H22N4O2. The number of piperazine rings is 1. The fourth-order valence-corrected chi connectivity index (χ4v) is 3.20. The Morgan fingerprint density at radius 1 is 1.28 bits per heavy atom. The molecule has 0 radical (unpaired) electrons. The standard InChI is InChI=1S/C19H22N4O2/c1-14-5-3-4-6-17(14)23-15(2)12-22(13-19(23)25)18(24)8-7-16-11-20-9-10-21-16/h3-6,9-11,15H,7-8,12-13H2,1-2H3/t15-/m0/s1. The average molecular weight is 338 g/mol. The van der Waals surface area contributed by atoms with Crippen molar-refractivity contribution in [1.29, 1.82) is 0 Å². The molecule has 2 aromatic rings. The highest BCUT2D eigenvalue weighted by molar-refractivity contribution is 5.99. The van der Waals surface area contributed by atoms with Crippen molar-refractivity contribution in [3.05, 3.63) is 54.1 Å². The van der Waals surface area contributed by atoms with Crippen LogP contribution in [0.1, 0.15) is 24.6 Å². The summed E-state index contributed by atoms with van der Waals surface area (Å²) in [4.78, 5) is 36.8. The molecule has 1 saturated heterocycles. The van der Waals surface area contributed by atoms with E-state index in [9.17, 15) is 9.59 Å². The van der Waals surface area contributed by atoms with E-state index in [2.05, 4.69) is 9.97 Å². The Morgan fingerprint density at radius 3 is 2.76 bits per heavy atom. The summed E-state index contributed by atoms with van der Waals surface area (Å²) in [5, 5.41) is 0. The van der Waals surface area contributed by atoms with E-state index >= 15 is 0 Å². The van der Waals surface area contributed by atoms with Crippen LogP contribution in [0.5, 0.6) is 0 Å². The molecule has 0 unspecified atom stereocenters. The van der Waals surface area contributed by atoms with E-state index in [-0.39, 0.29) is 24.4 Å². The lowest BCUT2D eigenvalue weighted by Gasteiger charge is -2.40. The van der Waals surface area contributed by atoms with Gasteiger partial charge in [-0.3, -0.25) is 19.6 Å². The van der Waals surface area contributed by atoms with Gasteiger partial charge in [-0.25, -0.2) is 0 Å². The van der Waals surface area contributed by atoms with Crippen LogP contribution in [-0.4, -0.2) is 45.8 Å². The van der Waals surface area contributed by atoms with E-state index in [1.54, 1.807) is 23.5 Å². The third kappa shape index (κ3) is 3.84. The van der Waals surface area contributed by atoms with Crippen LogP contribution in [0.25, 0.3) is 0 Å². The minimum Gasteiger partial charge on any atom is -0.331 e. The van der Waals surface area contributed by atoms with Crippen molar-refractivity contribution in [3.8, 4) is 0 Å². The normalized spacial score (nSPS) is 17.7. The number of aromatic nitrogens is 2. The number of benzene rings is 1. The Bertz CT molecular complexity index is 763. The van der Waals surface area contributed by atoms with E-state index in [0.29, 0.717) is 19.4 Å². The van der Waals surface area contributed by atoms with Crippen molar-refractivity contribution in [1.82, 2.24) is 14.9 Å². The van der Waals surface area contributed by atoms with Gasteiger partial charge in [0.2, 0.25) is 11.8 Å². The fourth-order valence-electron chi connectivity index (χ4n) is 3.20. The number of para-hydroxylation sites is 1. The number of rotatable bonds is 4. The lowest BCUT2D eigenvalue weighted by atomic mass is 10.1. The van der Waals surface area contributed by atoms with Crippen LogP contribution in [0, 0.1) is 6.92 Å². The van der Waals surface area contributed by atoms with Gasteiger partial charge in [-0.15, -0.1) is 0 Å². The predicted octanol–water partition coefficient (Wildman–Crippen LogP) is 1.98. The van der Waals surface area contributed by atoms with E-state index in [1.807, 2.05) is 43.0 Å². The molecule has 6 heteroatoms. The molecule has 130 valence electrons. The Hall–Kier alpha value is -2.76.